The maximum absolute atomic E-state index is 12.0. The molecular weight excluding hydrogens is 448 g/mol. The van der Waals surface area contributed by atoms with Crippen LogP contribution >= 0.6 is 11.6 Å². The number of oxazole rings is 1. The Morgan fingerprint density at radius 1 is 1.06 bits per heavy atom. The van der Waals surface area contributed by atoms with Gasteiger partial charge in [0, 0.05) is 17.4 Å². The van der Waals surface area contributed by atoms with Crippen LogP contribution in [0.4, 0.5) is 0 Å². The molecule has 1 aliphatic carbocycles. The summed E-state index contributed by atoms with van der Waals surface area (Å²) < 4.78 is 12.8. The van der Waals surface area contributed by atoms with Crippen molar-refractivity contribution in [3.8, 4) is 5.75 Å². The van der Waals surface area contributed by atoms with Gasteiger partial charge in [0.25, 0.3) is 0 Å². The van der Waals surface area contributed by atoms with Gasteiger partial charge in [-0.2, -0.15) is 0 Å². The highest BCUT2D eigenvalue weighted by atomic mass is 35.5. The van der Waals surface area contributed by atoms with Crippen LogP contribution in [0.1, 0.15) is 55.7 Å². The van der Waals surface area contributed by atoms with E-state index in [0.717, 1.165) is 60.2 Å². The summed E-state index contributed by atoms with van der Waals surface area (Å²) in [5, 5.41) is 12.7. The van der Waals surface area contributed by atoms with Crippen molar-refractivity contribution in [1.82, 2.24) is 4.98 Å². The molecule has 6 heteroatoms. The molecule has 1 heterocycles. The van der Waals surface area contributed by atoms with Crippen molar-refractivity contribution in [3.63, 3.8) is 0 Å². The minimum absolute atomic E-state index is 0.114. The lowest BCUT2D eigenvalue weighted by Crippen LogP contribution is -2.40. The Balaban J connectivity index is 1.40. The number of hydrogen-bond donors (Lipinski definition) is 1. The normalized spacial score (nSPS) is 16.8. The lowest BCUT2D eigenvalue weighted by atomic mass is 9.73. The molecule has 0 bridgehead atoms. The summed E-state index contributed by atoms with van der Waals surface area (Å²) in [6.45, 7) is 2.26. The van der Waals surface area contributed by atoms with Crippen LogP contribution in [0.3, 0.4) is 0 Å². The molecule has 1 aliphatic rings. The van der Waals surface area contributed by atoms with E-state index < -0.39 is 5.60 Å². The largest absolute Gasteiger partial charge is 0.493 e. The predicted molar refractivity (Wildman–Crippen MR) is 135 cm³/mol. The quantitative estimate of drug-likeness (QED) is 0.276. The Hall–Kier alpha value is -2.34. The van der Waals surface area contributed by atoms with Gasteiger partial charge in [-0.15, -0.1) is 0 Å². The highest BCUT2D eigenvalue weighted by molar-refractivity contribution is 6.30. The lowest BCUT2D eigenvalue weighted by molar-refractivity contribution is -0.904. The highest BCUT2D eigenvalue weighted by Gasteiger charge is 2.44. The maximum atomic E-state index is 12.0. The van der Waals surface area contributed by atoms with Gasteiger partial charge in [0.2, 0.25) is 5.89 Å². The van der Waals surface area contributed by atoms with Crippen molar-refractivity contribution in [2.75, 3.05) is 27.2 Å². The Morgan fingerprint density at radius 3 is 2.47 bits per heavy atom. The summed E-state index contributed by atoms with van der Waals surface area (Å²) in [6.07, 6.45) is 8.16. The van der Waals surface area contributed by atoms with Crippen LogP contribution in [0.25, 0.3) is 0 Å². The van der Waals surface area contributed by atoms with Crippen LogP contribution in [0.15, 0.2) is 65.2 Å². The second kappa shape index (κ2) is 10.9. The Bertz CT molecular complexity index is 1030. The summed E-state index contributed by atoms with van der Waals surface area (Å²) in [5.74, 6) is 2.16. The van der Waals surface area contributed by atoms with E-state index >= 15 is 0 Å². The molecule has 1 unspecified atom stereocenters. The van der Waals surface area contributed by atoms with Crippen molar-refractivity contribution in [2.45, 2.75) is 50.7 Å². The number of rotatable bonds is 10. The standard InChI is InChI=1S/C28H36ClN2O3/c1-31(2,18-9-19-33-25-16-14-24(29)15-17-25)21-26-20-30-27(34-26)28(32,22-10-5-3-6-11-22)23-12-7-4-8-13-23/h3,5-6,10-11,14-17,20,23,32H,4,7-9,12-13,18-19,21H2,1-2H3/q+1. The van der Waals surface area contributed by atoms with Crippen LogP contribution in [0, 0.1) is 5.92 Å². The molecule has 182 valence electrons. The average molecular weight is 484 g/mol. The zero-order valence-electron chi connectivity index (χ0n) is 20.3. The van der Waals surface area contributed by atoms with Gasteiger partial charge in [-0.25, -0.2) is 4.98 Å². The summed E-state index contributed by atoms with van der Waals surface area (Å²) in [6, 6.07) is 17.3. The molecule has 0 radical (unpaired) electrons. The van der Waals surface area contributed by atoms with E-state index in [-0.39, 0.29) is 5.92 Å². The van der Waals surface area contributed by atoms with E-state index in [9.17, 15) is 5.11 Å². The zero-order valence-corrected chi connectivity index (χ0v) is 21.0. The molecule has 0 spiro atoms. The van der Waals surface area contributed by atoms with Gasteiger partial charge in [0.1, 0.15) is 12.3 Å². The molecule has 1 atom stereocenters. The molecule has 4 rings (SSSR count). The molecule has 1 fully saturated rings. The number of nitrogens with zero attached hydrogens (tertiary/aromatic N) is 2. The first-order valence-electron chi connectivity index (χ1n) is 12.3. The highest BCUT2D eigenvalue weighted by Crippen LogP contribution is 2.43. The SMILES string of the molecule is C[N+](C)(CCCOc1ccc(Cl)cc1)Cc1cnc(C(O)(c2ccccc2)C2CCCCC2)o1. The molecule has 1 saturated carbocycles. The van der Waals surface area contributed by atoms with E-state index in [1.165, 1.54) is 6.42 Å². The third-order valence-electron chi connectivity index (χ3n) is 6.86. The fourth-order valence-electron chi connectivity index (χ4n) is 5.02. The molecule has 1 aromatic heterocycles. The van der Waals surface area contributed by atoms with E-state index in [4.69, 9.17) is 20.8 Å². The van der Waals surface area contributed by atoms with Gasteiger partial charge in [0.15, 0.2) is 11.4 Å². The first kappa shape index (κ1) is 24.8. The van der Waals surface area contributed by atoms with Crippen molar-refractivity contribution < 1.29 is 18.7 Å². The smallest absolute Gasteiger partial charge is 0.231 e. The topological polar surface area (TPSA) is 55.5 Å². The lowest BCUT2D eigenvalue weighted by Gasteiger charge is -2.36. The molecule has 5 nitrogen and oxygen atoms in total. The second-order valence-electron chi connectivity index (χ2n) is 10.1. The summed E-state index contributed by atoms with van der Waals surface area (Å²) in [5.41, 5.74) is -0.327. The van der Waals surface area contributed by atoms with Gasteiger partial charge in [0.05, 0.1) is 33.4 Å². The van der Waals surface area contributed by atoms with E-state index in [0.29, 0.717) is 24.1 Å². The number of quaternary nitrogens is 1. The minimum Gasteiger partial charge on any atom is -0.493 e. The Morgan fingerprint density at radius 2 is 1.76 bits per heavy atom. The summed E-state index contributed by atoms with van der Waals surface area (Å²) in [7, 11) is 4.35. The van der Waals surface area contributed by atoms with Crippen molar-refractivity contribution in [2.24, 2.45) is 5.92 Å². The minimum atomic E-state index is -1.19. The van der Waals surface area contributed by atoms with Crippen molar-refractivity contribution in [3.05, 3.63) is 83.0 Å². The Kier molecular flexibility index (Phi) is 7.97. The predicted octanol–water partition coefficient (Wildman–Crippen LogP) is 6.19. The van der Waals surface area contributed by atoms with E-state index in [2.05, 4.69) is 19.1 Å². The number of aromatic nitrogens is 1. The van der Waals surface area contributed by atoms with E-state index in [1.54, 1.807) is 6.20 Å². The van der Waals surface area contributed by atoms with E-state index in [1.807, 2.05) is 54.6 Å². The van der Waals surface area contributed by atoms with Crippen LogP contribution in [0.5, 0.6) is 5.75 Å². The molecular formula is C28H36ClN2O3+. The number of hydrogen-bond acceptors (Lipinski definition) is 4. The molecule has 0 saturated heterocycles. The maximum Gasteiger partial charge on any atom is 0.231 e. The fourth-order valence-corrected chi connectivity index (χ4v) is 5.14. The van der Waals surface area contributed by atoms with Crippen molar-refractivity contribution >= 4 is 11.6 Å². The molecule has 1 N–H and O–H groups in total. The molecule has 3 aromatic rings. The van der Waals surface area contributed by atoms with Crippen molar-refractivity contribution in [1.29, 1.82) is 0 Å². The Labute approximate surface area is 207 Å². The molecule has 2 aromatic carbocycles. The fraction of sp³-hybridized carbons (Fsp3) is 0.464. The van der Waals surface area contributed by atoms with Crippen LogP contribution in [-0.4, -0.2) is 41.8 Å². The van der Waals surface area contributed by atoms with Gasteiger partial charge in [-0.3, -0.25) is 0 Å². The zero-order chi connectivity index (χ0) is 24.0. The summed E-state index contributed by atoms with van der Waals surface area (Å²) in [4.78, 5) is 4.61. The van der Waals surface area contributed by atoms with Gasteiger partial charge in [-0.1, -0.05) is 61.2 Å². The summed E-state index contributed by atoms with van der Waals surface area (Å²) >= 11 is 5.93. The van der Waals surface area contributed by atoms with Crippen LogP contribution in [-0.2, 0) is 12.1 Å². The number of aliphatic hydroxyl groups is 1. The monoisotopic (exact) mass is 483 g/mol. The number of benzene rings is 2. The van der Waals surface area contributed by atoms with Gasteiger partial charge in [-0.05, 0) is 42.7 Å². The first-order valence-corrected chi connectivity index (χ1v) is 12.7. The van der Waals surface area contributed by atoms with Crippen LogP contribution in [0.2, 0.25) is 5.02 Å². The third-order valence-corrected chi connectivity index (χ3v) is 7.12. The molecule has 34 heavy (non-hydrogen) atoms. The number of ether oxygens (including phenoxy) is 1. The average Bonchev–Trinajstić information content (AvgIpc) is 3.32. The molecule has 0 amide bonds. The third kappa shape index (κ3) is 6.01. The number of halogens is 1. The molecule has 0 aliphatic heterocycles. The van der Waals surface area contributed by atoms with Gasteiger partial charge >= 0.3 is 0 Å². The first-order chi connectivity index (χ1) is 16.4. The second-order valence-corrected chi connectivity index (χ2v) is 10.5. The van der Waals surface area contributed by atoms with Gasteiger partial charge < -0.3 is 18.7 Å². The van der Waals surface area contributed by atoms with Crippen LogP contribution < -0.4 is 4.74 Å².